The number of methoxy groups -OCH3 is 4. The zero-order valence-electron chi connectivity index (χ0n) is 16.8. The number of carboxylic acids is 1. The lowest BCUT2D eigenvalue weighted by atomic mass is 10.1. The van der Waals surface area contributed by atoms with E-state index in [1.54, 1.807) is 30.3 Å². The second-order valence-corrected chi connectivity index (χ2v) is 6.16. The Balaban J connectivity index is 2.06. The molecule has 2 aromatic carbocycles. The molecular weight excluding hydrogens is 392 g/mol. The van der Waals surface area contributed by atoms with Crippen molar-refractivity contribution in [1.29, 1.82) is 0 Å². The zero-order chi connectivity index (χ0) is 21.8. The van der Waals surface area contributed by atoms with Crippen LogP contribution < -0.4 is 18.9 Å². The SMILES string of the molecule is COc1cc2oc(C(=O)c3cc(OC)c(OC)c(OC)c3)cc2cc1/C=C/C(=O)O. The maximum absolute atomic E-state index is 13.0. The number of fused-ring (bicyclic) bond motifs is 1. The second kappa shape index (κ2) is 8.60. The van der Waals surface area contributed by atoms with Gasteiger partial charge in [0.1, 0.15) is 11.3 Å². The van der Waals surface area contributed by atoms with Crippen molar-refractivity contribution < 1.29 is 38.1 Å². The molecule has 8 nitrogen and oxygen atoms in total. The van der Waals surface area contributed by atoms with Crippen molar-refractivity contribution in [2.24, 2.45) is 0 Å². The third-order valence-electron chi connectivity index (χ3n) is 4.42. The lowest BCUT2D eigenvalue weighted by molar-refractivity contribution is -0.131. The standard InChI is InChI=1S/C22H20O8/c1-26-15-11-16-13(7-12(15)5-6-20(23)24)8-17(30-16)21(25)14-9-18(27-2)22(29-4)19(10-14)28-3/h5-11H,1-4H3,(H,23,24)/b6-5+. The van der Waals surface area contributed by atoms with Gasteiger partial charge in [-0.15, -0.1) is 0 Å². The molecular formula is C22H20O8. The van der Waals surface area contributed by atoms with Crippen molar-refractivity contribution in [1.82, 2.24) is 0 Å². The van der Waals surface area contributed by atoms with E-state index in [-0.39, 0.29) is 11.5 Å². The minimum atomic E-state index is -1.08. The fourth-order valence-corrected chi connectivity index (χ4v) is 3.02. The molecule has 0 bridgehead atoms. The van der Waals surface area contributed by atoms with Gasteiger partial charge in [0.15, 0.2) is 17.3 Å². The highest BCUT2D eigenvalue weighted by Gasteiger charge is 2.21. The molecule has 0 radical (unpaired) electrons. The molecule has 0 saturated heterocycles. The zero-order valence-corrected chi connectivity index (χ0v) is 16.8. The van der Waals surface area contributed by atoms with Gasteiger partial charge in [0.25, 0.3) is 0 Å². The summed E-state index contributed by atoms with van der Waals surface area (Å²) >= 11 is 0. The molecule has 0 spiro atoms. The van der Waals surface area contributed by atoms with Gasteiger partial charge in [-0.05, 0) is 30.3 Å². The highest BCUT2D eigenvalue weighted by Crippen LogP contribution is 2.39. The summed E-state index contributed by atoms with van der Waals surface area (Å²) < 4.78 is 26.9. The number of benzene rings is 2. The maximum atomic E-state index is 13.0. The van der Waals surface area contributed by atoms with Gasteiger partial charge in [-0.1, -0.05) is 0 Å². The summed E-state index contributed by atoms with van der Waals surface area (Å²) in [6.45, 7) is 0. The Labute approximate surface area is 172 Å². The molecule has 1 heterocycles. The summed E-state index contributed by atoms with van der Waals surface area (Å²) in [6, 6.07) is 7.95. The van der Waals surface area contributed by atoms with Gasteiger partial charge in [0.2, 0.25) is 11.5 Å². The minimum absolute atomic E-state index is 0.0979. The summed E-state index contributed by atoms with van der Waals surface area (Å²) in [5.74, 6) is 0.121. The molecule has 8 heteroatoms. The first-order chi connectivity index (χ1) is 14.4. The van der Waals surface area contributed by atoms with E-state index in [0.717, 1.165) is 6.08 Å². The number of ketones is 1. The summed E-state index contributed by atoms with van der Waals surface area (Å²) in [4.78, 5) is 23.9. The first kappa shape index (κ1) is 20.8. The lowest BCUT2D eigenvalue weighted by Gasteiger charge is -2.13. The topological polar surface area (TPSA) is 104 Å². The second-order valence-electron chi connectivity index (χ2n) is 6.16. The molecule has 3 aromatic rings. The summed E-state index contributed by atoms with van der Waals surface area (Å²) in [6.07, 6.45) is 2.42. The molecule has 0 aliphatic rings. The molecule has 0 atom stereocenters. The van der Waals surface area contributed by atoms with Crippen molar-refractivity contribution in [3.63, 3.8) is 0 Å². The molecule has 1 aromatic heterocycles. The Hall–Kier alpha value is -3.94. The van der Waals surface area contributed by atoms with E-state index < -0.39 is 5.97 Å². The van der Waals surface area contributed by atoms with Crippen molar-refractivity contribution in [2.45, 2.75) is 0 Å². The first-order valence-electron chi connectivity index (χ1n) is 8.79. The summed E-state index contributed by atoms with van der Waals surface area (Å²) in [5, 5.41) is 9.48. The average molecular weight is 412 g/mol. The predicted molar refractivity (Wildman–Crippen MR) is 109 cm³/mol. The third kappa shape index (κ3) is 3.93. The largest absolute Gasteiger partial charge is 0.496 e. The Morgan fingerprint density at radius 2 is 1.50 bits per heavy atom. The Morgan fingerprint density at radius 1 is 0.867 bits per heavy atom. The Bertz CT molecular complexity index is 1110. The van der Waals surface area contributed by atoms with Crippen molar-refractivity contribution in [2.75, 3.05) is 28.4 Å². The smallest absolute Gasteiger partial charge is 0.328 e. The molecule has 156 valence electrons. The van der Waals surface area contributed by atoms with Crippen LogP contribution in [0.5, 0.6) is 23.0 Å². The number of carbonyl (C=O) groups excluding carboxylic acids is 1. The van der Waals surface area contributed by atoms with Gasteiger partial charge in [-0.25, -0.2) is 4.79 Å². The molecule has 3 rings (SSSR count). The van der Waals surface area contributed by atoms with Crippen LogP contribution in [0.3, 0.4) is 0 Å². The van der Waals surface area contributed by atoms with Crippen molar-refractivity contribution in [3.05, 3.63) is 53.3 Å². The number of carboxylic acid groups (broad SMARTS) is 1. The number of carbonyl (C=O) groups is 2. The Morgan fingerprint density at radius 3 is 2.03 bits per heavy atom. The number of rotatable bonds is 8. The van der Waals surface area contributed by atoms with Gasteiger partial charge >= 0.3 is 5.97 Å². The Kier molecular flexibility index (Phi) is 5.96. The number of furan rings is 1. The summed E-state index contributed by atoms with van der Waals surface area (Å²) in [5.41, 5.74) is 1.26. The number of ether oxygens (including phenoxy) is 4. The van der Waals surface area contributed by atoms with Crippen LogP contribution in [-0.4, -0.2) is 45.3 Å². The van der Waals surface area contributed by atoms with Crippen LogP contribution in [0.15, 0.2) is 40.8 Å². The molecule has 30 heavy (non-hydrogen) atoms. The molecule has 1 N–H and O–H groups in total. The minimum Gasteiger partial charge on any atom is -0.496 e. The molecule has 0 aliphatic heterocycles. The van der Waals surface area contributed by atoms with E-state index in [9.17, 15) is 9.59 Å². The van der Waals surface area contributed by atoms with Crippen LogP contribution in [0.2, 0.25) is 0 Å². The number of aliphatic carboxylic acids is 1. The van der Waals surface area contributed by atoms with Crippen LogP contribution >= 0.6 is 0 Å². The van der Waals surface area contributed by atoms with E-state index in [1.807, 2.05) is 0 Å². The van der Waals surface area contributed by atoms with E-state index >= 15 is 0 Å². The molecule has 0 aliphatic carbocycles. The van der Waals surface area contributed by atoms with Crippen molar-refractivity contribution in [3.8, 4) is 23.0 Å². The number of hydrogen-bond acceptors (Lipinski definition) is 7. The quantitative estimate of drug-likeness (QED) is 0.440. The van der Waals surface area contributed by atoms with Crippen LogP contribution in [-0.2, 0) is 4.79 Å². The molecule has 0 amide bonds. The van der Waals surface area contributed by atoms with Gasteiger partial charge in [0.05, 0.1) is 28.4 Å². The van der Waals surface area contributed by atoms with Crippen LogP contribution in [0.4, 0.5) is 0 Å². The third-order valence-corrected chi connectivity index (χ3v) is 4.42. The molecule has 0 saturated carbocycles. The predicted octanol–water partition coefficient (Wildman–Crippen LogP) is 3.80. The highest BCUT2D eigenvalue weighted by molar-refractivity contribution is 6.09. The fourth-order valence-electron chi connectivity index (χ4n) is 3.02. The van der Waals surface area contributed by atoms with Gasteiger partial charge in [-0.3, -0.25) is 4.79 Å². The van der Waals surface area contributed by atoms with E-state index in [0.29, 0.717) is 45.1 Å². The van der Waals surface area contributed by atoms with E-state index in [2.05, 4.69) is 0 Å². The van der Waals surface area contributed by atoms with E-state index in [4.69, 9.17) is 28.5 Å². The van der Waals surface area contributed by atoms with Crippen LogP contribution in [0.1, 0.15) is 21.7 Å². The number of hydrogen-bond donors (Lipinski definition) is 1. The van der Waals surface area contributed by atoms with Gasteiger partial charge in [0, 0.05) is 28.7 Å². The van der Waals surface area contributed by atoms with Crippen LogP contribution in [0.25, 0.3) is 17.0 Å². The van der Waals surface area contributed by atoms with Crippen molar-refractivity contribution >= 4 is 28.8 Å². The fraction of sp³-hybridized carbons (Fsp3) is 0.182. The molecule has 0 fully saturated rings. The van der Waals surface area contributed by atoms with Gasteiger partial charge in [-0.2, -0.15) is 0 Å². The normalized spacial score (nSPS) is 10.9. The lowest BCUT2D eigenvalue weighted by Crippen LogP contribution is -2.03. The maximum Gasteiger partial charge on any atom is 0.328 e. The van der Waals surface area contributed by atoms with Gasteiger partial charge < -0.3 is 28.5 Å². The molecule has 0 unspecified atom stereocenters. The monoisotopic (exact) mass is 412 g/mol. The first-order valence-corrected chi connectivity index (χ1v) is 8.79. The highest BCUT2D eigenvalue weighted by atomic mass is 16.5. The summed E-state index contributed by atoms with van der Waals surface area (Å²) in [7, 11) is 5.87. The van der Waals surface area contributed by atoms with E-state index in [1.165, 1.54) is 34.5 Å². The average Bonchev–Trinajstić information content (AvgIpc) is 3.17. The van der Waals surface area contributed by atoms with Crippen LogP contribution in [0, 0.1) is 0 Å².